The molecule has 0 aromatic heterocycles. The van der Waals surface area contributed by atoms with Crippen LogP contribution in [0.5, 0.6) is 5.75 Å². The number of rotatable bonds is 8. The first-order valence-corrected chi connectivity index (χ1v) is 6.29. The van der Waals surface area contributed by atoms with Crippen LogP contribution >= 0.6 is 0 Å². The average molecular weight is 236 g/mol. The Morgan fingerprint density at radius 2 is 1.88 bits per heavy atom. The van der Waals surface area contributed by atoms with Crippen LogP contribution in [-0.2, 0) is 0 Å². The summed E-state index contributed by atoms with van der Waals surface area (Å²) < 4.78 is 5.58. The van der Waals surface area contributed by atoms with Gasteiger partial charge in [-0.3, -0.25) is 0 Å². The number of hydrogen-bond donors (Lipinski definition) is 1. The van der Waals surface area contributed by atoms with Crippen molar-refractivity contribution in [1.82, 2.24) is 10.2 Å². The van der Waals surface area contributed by atoms with Gasteiger partial charge in [-0.05, 0) is 33.0 Å². The van der Waals surface area contributed by atoms with E-state index >= 15 is 0 Å². The van der Waals surface area contributed by atoms with Crippen LogP contribution < -0.4 is 10.1 Å². The molecule has 1 aromatic rings. The first-order valence-electron chi connectivity index (χ1n) is 6.29. The largest absolute Gasteiger partial charge is 0.492 e. The first-order chi connectivity index (χ1) is 8.20. The second-order valence-corrected chi connectivity index (χ2v) is 4.49. The van der Waals surface area contributed by atoms with E-state index in [-0.39, 0.29) is 0 Å². The number of hydrogen-bond acceptors (Lipinski definition) is 3. The molecular weight excluding hydrogens is 212 g/mol. The van der Waals surface area contributed by atoms with Crippen molar-refractivity contribution in [3.63, 3.8) is 0 Å². The fourth-order valence-electron chi connectivity index (χ4n) is 1.40. The monoisotopic (exact) mass is 236 g/mol. The summed E-state index contributed by atoms with van der Waals surface area (Å²) >= 11 is 0. The summed E-state index contributed by atoms with van der Waals surface area (Å²) in [6.07, 6.45) is 0. The van der Waals surface area contributed by atoms with Gasteiger partial charge < -0.3 is 15.0 Å². The topological polar surface area (TPSA) is 24.5 Å². The zero-order valence-corrected chi connectivity index (χ0v) is 11.1. The highest BCUT2D eigenvalue weighted by Gasteiger charge is 2.01. The summed E-state index contributed by atoms with van der Waals surface area (Å²) in [6, 6.07) is 10.5. The molecule has 0 heterocycles. The molecule has 0 fully saturated rings. The number of para-hydroxylation sites is 1. The van der Waals surface area contributed by atoms with Gasteiger partial charge in [0, 0.05) is 25.7 Å². The van der Waals surface area contributed by atoms with Gasteiger partial charge in [-0.2, -0.15) is 0 Å². The average Bonchev–Trinajstić information content (AvgIpc) is 2.34. The molecule has 0 saturated heterocycles. The number of likely N-dealkylation sites (N-methyl/N-ethyl adjacent to an activating group) is 1. The highest BCUT2D eigenvalue weighted by Crippen LogP contribution is 2.07. The van der Waals surface area contributed by atoms with Crippen molar-refractivity contribution >= 4 is 0 Å². The fraction of sp³-hybridized carbons (Fsp3) is 0.571. The molecule has 0 aliphatic heterocycles. The van der Waals surface area contributed by atoms with Crippen LogP contribution in [0.4, 0.5) is 0 Å². The Labute approximate surface area is 105 Å². The Kier molecular flexibility index (Phi) is 6.67. The third kappa shape index (κ3) is 6.29. The normalized spacial score (nSPS) is 11.1. The molecule has 0 spiro atoms. The standard InChI is InChI=1S/C14H24N2O/c1-13(2)16(3)11-9-15-10-12-17-14-7-5-4-6-8-14/h4-8,13,15H,9-12H2,1-3H3. The molecule has 3 nitrogen and oxygen atoms in total. The summed E-state index contributed by atoms with van der Waals surface area (Å²) in [6.45, 7) is 8.10. The van der Waals surface area contributed by atoms with E-state index in [1.54, 1.807) is 0 Å². The molecule has 0 aliphatic rings. The minimum atomic E-state index is 0.609. The van der Waals surface area contributed by atoms with Gasteiger partial charge in [-0.15, -0.1) is 0 Å². The van der Waals surface area contributed by atoms with Crippen LogP contribution in [0.15, 0.2) is 30.3 Å². The van der Waals surface area contributed by atoms with Gasteiger partial charge in [-0.1, -0.05) is 18.2 Å². The highest BCUT2D eigenvalue weighted by atomic mass is 16.5. The van der Waals surface area contributed by atoms with Crippen LogP contribution in [0.2, 0.25) is 0 Å². The lowest BCUT2D eigenvalue weighted by molar-refractivity contribution is 0.265. The van der Waals surface area contributed by atoms with Crippen LogP contribution in [0.3, 0.4) is 0 Å². The number of nitrogens with one attached hydrogen (secondary N) is 1. The number of benzene rings is 1. The molecule has 1 N–H and O–H groups in total. The summed E-state index contributed by atoms with van der Waals surface area (Å²) in [5.41, 5.74) is 0. The zero-order chi connectivity index (χ0) is 12.5. The lowest BCUT2D eigenvalue weighted by Gasteiger charge is -2.20. The maximum Gasteiger partial charge on any atom is 0.119 e. The number of nitrogens with zero attached hydrogens (tertiary/aromatic N) is 1. The lowest BCUT2D eigenvalue weighted by atomic mass is 10.3. The minimum absolute atomic E-state index is 0.609. The van der Waals surface area contributed by atoms with E-state index in [9.17, 15) is 0 Å². The van der Waals surface area contributed by atoms with Crippen LogP contribution in [0, 0.1) is 0 Å². The van der Waals surface area contributed by atoms with Crippen molar-refractivity contribution in [3.05, 3.63) is 30.3 Å². The molecule has 1 aromatic carbocycles. The Morgan fingerprint density at radius 1 is 1.18 bits per heavy atom. The van der Waals surface area contributed by atoms with Gasteiger partial charge in [0.1, 0.15) is 12.4 Å². The molecule has 0 amide bonds. The molecule has 1 rings (SSSR count). The van der Waals surface area contributed by atoms with E-state index in [4.69, 9.17) is 4.74 Å². The van der Waals surface area contributed by atoms with Crippen molar-refractivity contribution < 1.29 is 4.74 Å². The maximum atomic E-state index is 5.58. The first kappa shape index (κ1) is 14.0. The molecule has 0 aliphatic carbocycles. The van der Waals surface area contributed by atoms with Crippen molar-refractivity contribution in [2.75, 3.05) is 33.3 Å². The van der Waals surface area contributed by atoms with Gasteiger partial charge in [0.15, 0.2) is 0 Å². The van der Waals surface area contributed by atoms with E-state index in [1.807, 2.05) is 30.3 Å². The van der Waals surface area contributed by atoms with Crippen molar-refractivity contribution in [2.45, 2.75) is 19.9 Å². The minimum Gasteiger partial charge on any atom is -0.492 e. The SMILES string of the molecule is CC(C)N(C)CCNCCOc1ccccc1. The maximum absolute atomic E-state index is 5.58. The predicted molar refractivity (Wildman–Crippen MR) is 72.6 cm³/mol. The summed E-state index contributed by atoms with van der Waals surface area (Å²) in [4.78, 5) is 2.32. The Hall–Kier alpha value is -1.06. The quantitative estimate of drug-likeness (QED) is 0.699. The molecule has 0 atom stereocenters. The van der Waals surface area contributed by atoms with E-state index in [2.05, 4.69) is 31.1 Å². The summed E-state index contributed by atoms with van der Waals surface area (Å²) in [7, 11) is 2.15. The smallest absolute Gasteiger partial charge is 0.119 e. The predicted octanol–water partition coefficient (Wildman–Crippen LogP) is 2.00. The van der Waals surface area contributed by atoms with Crippen LogP contribution in [0.1, 0.15) is 13.8 Å². The van der Waals surface area contributed by atoms with Gasteiger partial charge in [-0.25, -0.2) is 0 Å². The zero-order valence-electron chi connectivity index (χ0n) is 11.1. The molecule has 0 saturated carbocycles. The Morgan fingerprint density at radius 3 is 2.53 bits per heavy atom. The van der Waals surface area contributed by atoms with Gasteiger partial charge in [0.25, 0.3) is 0 Å². The fourth-order valence-corrected chi connectivity index (χ4v) is 1.40. The van der Waals surface area contributed by atoms with Crippen molar-refractivity contribution in [1.29, 1.82) is 0 Å². The van der Waals surface area contributed by atoms with E-state index in [0.29, 0.717) is 6.04 Å². The van der Waals surface area contributed by atoms with E-state index in [1.165, 1.54) is 0 Å². The van der Waals surface area contributed by atoms with Gasteiger partial charge in [0.2, 0.25) is 0 Å². The summed E-state index contributed by atoms with van der Waals surface area (Å²) in [5, 5.41) is 3.37. The molecule has 3 heteroatoms. The highest BCUT2D eigenvalue weighted by molar-refractivity contribution is 5.20. The third-order valence-corrected chi connectivity index (χ3v) is 2.81. The third-order valence-electron chi connectivity index (χ3n) is 2.81. The van der Waals surface area contributed by atoms with Crippen molar-refractivity contribution in [2.24, 2.45) is 0 Å². The lowest BCUT2D eigenvalue weighted by Crippen LogP contribution is -2.35. The molecule has 96 valence electrons. The molecule has 17 heavy (non-hydrogen) atoms. The molecule has 0 unspecified atom stereocenters. The molecule has 0 bridgehead atoms. The Bertz CT molecular complexity index is 288. The molecule has 0 radical (unpaired) electrons. The van der Waals surface area contributed by atoms with Crippen LogP contribution in [0.25, 0.3) is 0 Å². The van der Waals surface area contributed by atoms with E-state index in [0.717, 1.165) is 32.0 Å². The van der Waals surface area contributed by atoms with Gasteiger partial charge >= 0.3 is 0 Å². The Balaban J connectivity index is 1.98. The second kappa shape index (κ2) is 8.09. The number of ether oxygens (including phenoxy) is 1. The van der Waals surface area contributed by atoms with Gasteiger partial charge in [0.05, 0.1) is 0 Å². The second-order valence-electron chi connectivity index (χ2n) is 4.49. The van der Waals surface area contributed by atoms with E-state index < -0.39 is 0 Å². The van der Waals surface area contributed by atoms with Crippen molar-refractivity contribution in [3.8, 4) is 5.75 Å². The summed E-state index contributed by atoms with van der Waals surface area (Å²) in [5.74, 6) is 0.939. The van der Waals surface area contributed by atoms with Crippen LogP contribution in [-0.4, -0.2) is 44.2 Å². The molecular formula is C14H24N2O.